The first-order valence-electron chi connectivity index (χ1n) is 6.26. The van der Waals surface area contributed by atoms with Crippen molar-refractivity contribution >= 4 is 17.8 Å². The Kier molecular flexibility index (Phi) is 8.25. The van der Waals surface area contributed by atoms with Crippen LogP contribution in [-0.2, 0) is 20.8 Å². The number of aliphatic carboxylic acids is 2. The zero-order valence-electron chi connectivity index (χ0n) is 12.1. The lowest BCUT2D eigenvalue weighted by Crippen LogP contribution is -2.43. The number of carbonyl (C=O) groups is 3. The maximum absolute atomic E-state index is 11.4. The summed E-state index contributed by atoms with van der Waals surface area (Å²) in [4.78, 5) is 30.5. The van der Waals surface area contributed by atoms with Crippen molar-refractivity contribution in [2.45, 2.75) is 18.6 Å². The van der Waals surface area contributed by atoms with Crippen LogP contribution in [0.2, 0.25) is 0 Å². The van der Waals surface area contributed by atoms with E-state index in [9.17, 15) is 22.8 Å². The van der Waals surface area contributed by atoms with Gasteiger partial charge in [0, 0.05) is 0 Å². The largest absolute Gasteiger partial charge is 0.508 e. The lowest BCUT2D eigenvalue weighted by molar-refractivity contribution is -0.192. The molecule has 6 N–H and O–H groups in total. The topological polar surface area (TPSA) is 150 Å². The zero-order chi connectivity index (χ0) is 18.9. The molecule has 11 heteroatoms. The smallest absolute Gasteiger partial charge is 0.490 e. The summed E-state index contributed by atoms with van der Waals surface area (Å²) in [5.74, 6) is -4.25. The van der Waals surface area contributed by atoms with Gasteiger partial charge in [-0.2, -0.15) is 13.2 Å². The molecule has 0 aromatic heterocycles. The molecule has 0 spiro atoms. The molecule has 134 valence electrons. The monoisotopic (exact) mass is 352 g/mol. The molecule has 0 radical (unpaired) electrons. The summed E-state index contributed by atoms with van der Waals surface area (Å²) in [5, 5.41) is 26.8. The van der Waals surface area contributed by atoms with Crippen LogP contribution in [0.15, 0.2) is 24.3 Å². The van der Waals surface area contributed by atoms with Crippen LogP contribution in [0.5, 0.6) is 5.75 Å². The fraction of sp³-hybridized carbons (Fsp3) is 0.308. The van der Waals surface area contributed by atoms with Gasteiger partial charge in [-0.3, -0.25) is 9.59 Å². The van der Waals surface area contributed by atoms with E-state index in [0.717, 1.165) is 5.56 Å². The van der Waals surface area contributed by atoms with Gasteiger partial charge in [0.1, 0.15) is 12.3 Å². The van der Waals surface area contributed by atoms with Crippen molar-refractivity contribution in [2.24, 2.45) is 5.73 Å². The molecule has 1 atom stereocenters. The molecule has 0 aliphatic rings. The summed E-state index contributed by atoms with van der Waals surface area (Å²) < 4.78 is 31.7. The van der Waals surface area contributed by atoms with Crippen LogP contribution in [0.4, 0.5) is 13.2 Å². The Morgan fingerprint density at radius 1 is 1.12 bits per heavy atom. The SMILES string of the molecule is N[C@@H](Cc1ccc(O)cc1)C(=O)NCC(=O)O.O=C(O)C(F)(F)F. The van der Waals surface area contributed by atoms with Crippen molar-refractivity contribution in [1.82, 2.24) is 5.32 Å². The second-order valence-electron chi connectivity index (χ2n) is 4.39. The van der Waals surface area contributed by atoms with Crippen LogP contribution >= 0.6 is 0 Å². The summed E-state index contributed by atoms with van der Waals surface area (Å²) in [6.07, 6.45) is -4.80. The number of carboxylic acid groups (broad SMARTS) is 2. The first-order chi connectivity index (χ1) is 10.9. The van der Waals surface area contributed by atoms with E-state index >= 15 is 0 Å². The molecular weight excluding hydrogens is 337 g/mol. The number of aromatic hydroxyl groups is 1. The van der Waals surface area contributed by atoms with Gasteiger partial charge in [0.15, 0.2) is 0 Å². The Hall–Kier alpha value is -2.82. The third-order valence-corrected chi connectivity index (χ3v) is 2.39. The van der Waals surface area contributed by atoms with Crippen LogP contribution in [0.1, 0.15) is 5.56 Å². The number of carboxylic acids is 2. The summed E-state index contributed by atoms with van der Waals surface area (Å²) in [5.41, 5.74) is 6.40. The fourth-order valence-corrected chi connectivity index (χ4v) is 1.27. The van der Waals surface area contributed by atoms with Crippen molar-refractivity contribution in [1.29, 1.82) is 0 Å². The van der Waals surface area contributed by atoms with Gasteiger partial charge in [0.25, 0.3) is 0 Å². The second kappa shape index (κ2) is 9.35. The number of hydrogen-bond donors (Lipinski definition) is 5. The maximum Gasteiger partial charge on any atom is 0.490 e. The molecule has 0 aliphatic carbocycles. The average Bonchev–Trinajstić information content (AvgIpc) is 2.46. The first kappa shape index (κ1) is 21.2. The highest BCUT2D eigenvalue weighted by Gasteiger charge is 2.38. The van der Waals surface area contributed by atoms with Gasteiger partial charge in [0.2, 0.25) is 5.91 Å². The van der Waals surface area contributed by atoms with Crippen LogP contribution in [0.3, 0.4) is 0 Å². The lowest BCUT2D eigenvalue weighted by Gasteiger charge is -2.11. The molecule has 0 saturated carbocycles. The van der Waals surface area contributed by atoms with E-state index in [2.05, 4.69) is 5.32 Å². The third kappa shape index (κ3) is 9.25. The van der Waals surface area contributed by atoms with E-state index < -0.39 is 36.6 Å². The minimum absolute atomic E-state index is 0.137. The quantitative estimate of drug-likeness (QED) is 0.504. The molecule has 1 aromatic carbocycles. The predicted molar refractivity (Wildman–Crippen MR) is 74.1 cm³/mol. The number of amides is 1. The molecule has 1 amide bonds. The lowest BCUT2D eigenvalue weighted by atomic mass is 10.1. The molecule has 0 heterocycles. The first-order valence-corrected chi connectivity index (χ1v) is 6.26. The van der Waals surface area contributed by atoms with E-state index in [1.165, 1.54) is 12.1 Å². The Labute approximate surface area is 133 Å². The number of halogens is 3. The fourth-order valence-electron chi connectivity index (χ4n) is 1.27. The van der Waals surface area contributed by atoms with Crippen LogP contribution in [0.25, 0.3) is 0 Å². The number of carbonyl (C=O) groups excluding carboxylic acids is 1. The maximum atomic E-state index is 11.4. The van der Waals surface area contributed by atoms with Crippen LogP contribution in [-0.4, -0.2) is 51.9 Å². The molecule has 0 bridgehead atoms. The number of phenols is 1. The highest BCUT2D eigenvalue weighted by atomic mass is 19.4. The number of rotatable bonds is 5. The van der Waals surface area contributed by atoms with Crippen molar-refractivity contribution in [3.63, 3.8) is 0 Å². The van der Waals surface area contributed by atoms with Gasteiger partial charge in [-0.15, -0.1) is 0 Å². The van der Waals surface area contributed by atoms with Crippen molar-refractivity contribution < 1.29 is 42.9 Å². The molecule has 8 nitrogen and oxygen atoms in total. The van der Waals surface area contributed by atoms with Gasteiger partial charge >= 0.3 is 18.1 Å². The van der Waals surface area contributed by atoms with E-state index in [-0.39, 0.29) is 12.2 Å². The molecule has 0 saturated heterocycles. The molecule has 0 unspecified atom stereocenters. The van der Waals surface area contributed by atoms with Gasteiger partial charge in [0.05, 0.1) is 6.04 Å². The minimum atomic E-state index is -5.08. The van der Waals surface area contributed by atoms with E-state index in [1.54, 1.807) is 12.1 Å². The van der Waals surface area contributed by atoms with Crippen molar-refractivity contribution in [2.75, 3.05) is 6.54 Å². The number of nitrogens with two attached hydrogens (primary N) is 1. The van der Waals surface area contributed by atoms with Gasteiger partial charge in [-0.25, -0.2) is 4.79 Å². The third-order valence-electron chi connectivity index (χ3n) is 2.39. The molecule has 1 rings (SSSR count). The van der Waals surface area contributed by atoms with E-state index in [4.69, 9.17) is 25.8 Å². The van der Waals surface area contributed by atoms with Gasteiger partial charge < -0.3 is 26.4 Å². The van der Waals surface area contributed by atoms with Crippen molar-refractivity contribution in [3.05, 3.63) is 29.8 Å². The molecular formula is C13H15F3N2O6. The normalized spacial score (nSPS) is 11.7. The molecule has 1 aromatic rings. The Balaban J connectivity index is 0.000000640. The summed E-state index contributed by atoms with van der Waals surface area (Å²) in [6.45, 7) is -0.442. The number of hydrogen-bond acceptors (Lipinski definition) is 5. The average molecular weight is 352 g/mol. The highest BCUT2D eigenvalue weighted by Crippen LogP contribution is 2.13. The molecule has 24 heavy (non-hydrogen) atoms. The number of alkyl halides is 3. The number of phenolic OH excluding ortho intramolecular Hbond substituents is 1. The van der Waals surface area contributed by atoms with Crippen LogP contribution < -0.4 is 11.1 Å². The standard InChI is InChI=1S/C11H14N2O4.C2HF3O2/c12-9(11(17)13-6-10(15)16)5-7-1-3-8(14)4-2-7;3-2(4,5)1(6)7/h1-4,9,14H,5-6,12H2,(H,13,17)(H,15,16);(H,6,7)/t9-;/m0./s1. The van der Waals surface area contributed by atoms with E-state index in [0.29, 0.717) is 0 Å². The summed E-state index contributed by atoms with van der Waals surface area (Å²) >= 11 is 0. The number of benzene rings is 1. The second-order valence-corrected chi connectivity index (χ2v) is 4.39. The predicted octanol–water partition coefficient (Wildman–Crippen LogP) is 0.0961. The highest BCUT2D eigenvalue weighted by molar-refractivity contribution is 5.85. The summed E-state index contributed by atoms with van der Waals surface area (Å²) in [6, 6.07) is 5.49. The van der Waals surface area contributed by atoms with Crippen LogP contribution in [0, 0.1) is 0 Å². The minimum Gasteiger partial charge on any atom is -0.508 e. The van der Waals surface area contributed by atoms with Gasteiger partial charge in [-0.05, 0) is 24.1 Å². The Morgan fingerprint density at radius 3 is 1.96 bits per heavy atom. The van der Waals surface area contributed by atoms with Crippen molar-refractivity contribution in [3.8, 4) is 5.75 Å². The zero-order valence-corrected chi connectivity index (χ0v) is 12.1. The summed E-state index contributed by atoms with van der Waals surface area (Å²) in [7, 11) is 0. The molecule has 0 fully saturated rings. The van der Waals surface area contributed by atoms with Gasteiger partial charge in [-0.1, -0.05) is 12.1 Å². The van der Waals surface area contributed by atoms with E-state index in [1.807, 2.05) is 0 Å². The molecule has 0 aliphatic heterocycles. The number of nitrogens with one attached hydrogen (secondary N) is 1. The Bertz CT molecular complexity index is 574. The Morgan fingerprint density at radius 2 is 1.58 bits per heavy atom.